The van der Waals surface area contributed by atoms with Gasteiger partial charge in [0, 0.05) is 23.3 Å². The molecule has 2 heterocycles. The first kappa shape index (κ1) is 21.5. The monoisotopic (exact) mass is 471 g/mol. The first-order chi connectivity index (χ1) is 15.3. The van der Waals surface area contributed by atoms with Crippen LogP contribution in [-0.2, 0) is 20.0 Å². The molecular formula is C20H17N5O5S2. The van der Waals surface area contributed by atoms with Crippen molar-refractivity contribution in [2.45, 2.75) is 9.79 Å². The van der Waals surface area contributed by atoms with E-state index >= 15 is 0 Å². The number of hydrogen-bond acceptors (Lipinski definition) is 8. The van der Waals surface area contributed by atoms with E-state index in [9.17, 15) is 16.8 Å². The van der Waals surface area contributed by atoms with Gasteiger partial charge in [-0.3, -0.25) is 14.4 Å². The summed E-state index contributed by atoms with van der Waals surface area (Å²) in [5, 5.41) is 0.684. The minimum atomic E-state index is -3.96. The van der Waals surface area contributed by atoms with Crippen LogP contribution in [0.1, 0.15) is 0 Å². The zero-order chi connectivity index (χ0) is 22.8. The molecule has 164 valence electrons. The van der Waals surface area contributed by atoms with Crippen molar-refractivity contribution >= 4 is 42.5 Å². The van der Waals surface area contributed by atoms with E-state index in [1.165, 1.54) is 49.7 Å². The van der Waals surface area contributed by atoms with Gasteiger partial charge >= 0.3 is 0 Å². The molecule has 0 saturated heterocycles. The van der Waals surface area contributed by atoms with Crippen molar-refractivity contribution in [3.05, 3.63) is 73.2 Å². The van der Waals surface area contributed by atoms with Crippen molar-refractivity contribution in [2.75, 3.05) is 16.6 Å². The van der Waals surface area contributed by atoms with Crippen LogP contribution in [0.3, 0.4) is 0 Å². The molecule has 12 heteroatoms. The Bertz CT molecular complexity index is 1490. The van der Waals surface area contributed by atoms with Crippen LogP contribution in [0.4, 0.5) is 11.5 Å². The molecule has 2 aromatic carbocycles. The number of ether oxygens (including phenoxy) is 1. The second-order valence-electron chi connectivity index (χ2n) is 6.51. The first-order valence-electron chi connectivity index (χ1n) is 9.14. The zero-order valence-corrected chi connectivity index (χ0v) is 18.3. The van der Waals surface area contributed by atoms with Crippen LogP contribution in [0.2, 0.25) is 0 Å². The Morgan fingerprint density at radius 1 is 0.812 bits per heavy atom. The van der Waals surface area contributed by atoms with E-state index in [1.54, 1.807) is 24.3 Å². The molecule has 0 atom stereocenters. The van der Waals surface area contributed by atoms with Crippen molar-refractivity contribution < 1.29 is 21.6 Å². The molecular weight excluding hydrogens is 454 g/mol. The van der Waals surface area contributed by atoms with Crippen molar-refractivity contribution in [2.24, 2.45) is 0 Å². The average molecular weight is 472 g/mol. The Hall–Kier alpha value is -3.77. The van der Waals surface area contributed by atoms with Crippen LogP contribution in [-0.4, -0.2) is 38.9 Å². The lowest BCUT2D eigenvalue weighted by molar-refractivity contribution is 0.397. The molecule has 4 aromatic rings. The highest BCUT2D eigenvalue weighted by Gasteiger charge is 2.20. The summed E-state index contributed by atoms with van der Waals surface area (Å²) in [7, 11) is -6.52. The quantitative estimate of drug-likeness (QED) is 0.419. The number of rotatable bonds is 7. The maximum Gasteiger partial charge on any atom is 0.264 e. The van der Waals surface area contributed by atoms with Gasteiger partial charge in [-0.25, -0.2) is 26.8 Å². The second kappa shape index (κ2) is 8.40. The van der Waals surface area contributed by atoms with Gasteiger partial charge in [0.1, 0.15) is 17.0 Å². The Labute approximate surface area is 184 Å². The van der Waals surface area contributed by atoms with Crippen LogP contribution in [0.15, 0.2) is 83.0 Å². The minimum absolute atomic E-state index is 0.0201. The van der Waals surface area contributed by atoms with Gasteiger partial charge < -0.3 is 4.74 Å². The van der Waals surface area contributed by atoms with Crippen molar-refractivity contribution in [3.63, 3.8) is 0 Å². The van der Waals surface area contributed by atoms with Gasteiger partial charge in [0.25, 0.3) is 20.0 Å². The second-order valence-corrected chi connectivity index (χ2v) is 9.85. The fourth-order valence-corrected chi connectivity index (χ4v) is 5.15. The minimum Gasteiger partial charge on any atom is -0.481 e. The molecule has 0 aliphatic heterocycles. The third-order valence-electron chi connectivity index (χ3n) is 4.39. The molecule has 0 aliphatic carbocycles. The maximum atomic E-state index is 12.9. The molecule has 2 aromatic heterocycles. The van der Waals surface area contributed by atoms with Crippen LogP contribution in [0, 0.1) is 0 Å². The summed E-state index contributed by atoms with van der Waals surface area (Å²) in [6, 6.07) is 14.9. The van der Waals surface area contributed by atoms with Crippen LogP contribution in [0.25, 0.3) is 10.9 Å². The molecule has 0 amide bonds. The number of fused-ring (bicyclic) bond motifs is 1. The van der Waals surface area contributed by atoms with E-state index in [-0.39, 0.29) is 27.2 Å². The fourth-order valence-electron chi connectivity index (χ4n) is 2.91. The molecule has 10 nitrogen and oxygen atoms in total. The normalized spacial score (nSPS) is 11.8. The number of nitrogens with zero attached hydrogens (tertiary/aromatic N) is 3. The van der Waals surface area contributed by atoms with Crippen molar-refractivity contribution in [1.82, 2.24) is 15.0 Å². The highest BCUT2D eigenvalue weighted by atomic mass is 32.2. The number of pyridine rings is 1. The Morgan fingerprint density at radius 3 is 2.31 bits per heavy atom. The third-order valence-corrected chi connectivity index (χ3v) is 7.18. The maximum absolute atomic E-state index is 12.9. The van der Waals surface area contributed by atoms with Crippen LogP contribution in [0.5, 0.6) is 5.88 Å². The number of anilines is 2. The third kappa shape index (κ3) is 4.45. The summed E-state index contributed by atoms with van der Waals surface area (Å²) in [5.41, 5.74) is 0.534. The molecule has 32 heavy (non-hydrogen) atoms. The summed E-state index contributed by atoms with van der Waals surface area (Å²) >= 11 is 0. The van der Waals surface area contributed by atoms with E-state index in [1.807, 2.05) is 0 Å². The highest BCUT2D eigenvalue weighted by molar-refractivity contribution is 7.93. The highest BCUT2D eigenvalue weighted by Crippen LogP contribution is 2.24. The summed E-state index contributed by atoms with van der Waals surface area (Å²) in [6.45, 7) is 0. The molecule has 0 radical (unpaired) electrons. The van der Waals surface area contributed by atoms with Gasteiger partial charge in [-0.15, -0.1) is 0 Å². The van der Waals surface area contributed by atoms with Gasteiger partial charge in [-0.1, -0.05) is 18.2 Å². The van der Waals surface area contributed by atoms with Gasteiger partial charge in [0.2, 0.25) is 5.88 Å². The molecule has 0 saturated carbocycles. The Kier molecular flexibility index (Phi) is 5.63. The van der Waals surface area contributed by atoms with Gasteiger partial charge in [0.15, 0.2) is 0 Å². The number of aromatic nitrogens is 3. The van der Waals surface area contributed by atoms with Gasteiger partial charge in [-0.2, -0.15) is 0 Å². The van der Waals surface area contributed by atoms with Gasteiger partial charge in [-0.05, 0) is 36.4 Å². The van der Waals surface area contributed by atoms with E-state index in [0.717, 1.165) is 6.33 Å². The number of hydrogen-bond donors (Lipinski definition) is 2. The average Bonchev–Trinajstić information content (AvgIpc) is 2.78. The SMILES string of the molecule is COc1cc(NS(=O)(=O)c2ccc(NS(=O)(=O)c3cccc4cccnc34)cc2)ncn1. The summed E-state index contributed by atoms with van der Waals surface area (Å²) in [5.74, 6) is 0.232. The standard InChI is InChI=1S/C20H17N5O5S2/c1-30-19-12-18(22-13-23-19)25-31(26,27)16-9-7-15(8-10-16)24-32(28,29)17-6-2-4-14-5-3-11-21-20(14)17/h2-13,24H,1H3,(H,22,23,25). The zero-order valence-electron chi connectivity index (χ0n) is 16.6. The smallest absolute Gasteiger partial charge is 0.264 e. The number of sulfonamides is 2. The van der Waals surface area contributed by atoms with E-state index in [4.69, 9.17) is 4.74 Å². The molecule has 4 rings (SSSR count). The number of benzene rings is 2. The largest absolute Gasteiger partial charge is 0.481 e. The van der Waals surface area contributed by atoms with Gasteiger partial charge in [0.05, 0.1) is 17.5 Å². The Morgan fingerprint density at radius 2 is 1.56 bits per heavy atom. The lowest BCUT2D eigenvalue weighted by atomic mass is 10.2. The lowest BCUT2D eigenvalue weighted by Crippen LogP contribution is -2.15. The molecule has 2 N–H and O–H groups in total. The lowest BCUT2D eigenvalue weighted by Gasteiger charge is -2.11. The number of para-hydroxylation sites is 1. The van der Waals surface area contributed by atoms with E-state index in [2.05, 4.69) is 24.4 Å². The van der Waals surface area contributed by atoms with Crippen LogP contribution >= 0.6 is 0 Å². The first-order valence-corrected chi connectivity index (χ1v) is 12.1. The van der Waals surface area contributed by atoms with E-state index in [0.29, 0.717) is 10.9 Å². The Balaban J connectivity index is 1.57. The molecule has 0 unspecified atom stereocenters. The summed E-state index contributed by atoms with van der Waals surface area (Å²) in [4.78, 5) is 11.8. The van der Waals surface area contributed by atoms with Crippen molar-refractivity contribution in [1.29, 1.82) is 0 Å². The molecule has 0 aliphatic rings. The fraction of sp³-hybridized carbons (Fsp3) is 0.0500. The number of nitrogens with one attached hydrogen (secondary N) is 2. The predicted octanol–water partition coefficient (Wildman–Crippen LogP) is 2.64. The molecule has 0 bridgehead atoms. The molecule has 0 spiro atoms. The molecule has 0 fully saturated rings. The van der Waals surface area contributed by atoms with Crippen LogP contribution < -0.4 is 14.2 Å². The summed E-state index contributed by atoms with van der Waals surface area (Å²) in [6.07, 6.45) is 2.68. The van der Waals surface area contributed by atoms with E-state index < -0.39 is 20.0 Å². The topological polar surface area (TPSA) is 140 Å². The van der Waals surface area contributed by atoms with Crippen molar-refractivity contribution in [3.8, 4) is 5.88 Å². The predicted molar refractivity (Wildman–Crippen MR) is 118 cm³/mol. The number of methoxy groups -OCH3 is 1. The summed E-state index contributed by atoms with van der Waals surface area (Å²) < 4.78 is 60.7.